The van der Waals surface area contributed by atoms with Gasteiger partial charge in [0.2, 0.25) is 5.78 Å². The van der Waals surface area contributed by atoms with E-state index in [9.17, 15) is 14.4 Å². The molecule has 0 N–H and O–H groups in total. The molecule has 2 heterocycles. The van der Waals surface area contributed by atoms with Crippen LogP contribution < -0.4 is 4.74 Å². The van der Waals surface area contributed by atoms with Gasteiger partial charge in [0.05, 0.1) is 11.1 Å². The summed E-state index contributed by atoms with van der Waals surface area (Å²) < 4.78 is 12.6. The number of hydrogen-bond acceptors (Lipinski definition) is 7. The highest BCUT2D eigenvalue weighted by Gasteiger charge is 2.55. The van der Waals surface area contributed by atoms with Gasteiger partial charge >= 0.3 is 11.9 Å². The number of benzene rings is 3. The number of fused-ring (bicyclic) bond motifs is 6. The van der Waals surface area contributed by atoms with Gasteiger partial charge in [-0.2, -0.15) is 0 Å². The average molecular weight is 484 g/mol. The van der Waals surface area contributed by atoms with E-state index in [1.165, 1.54) is 13.8 Å². The molecular formula is C29H25NO6. The van der Waals surface area contributed by atoms with Crippen LogP contribution in [0, 0.1) is 0 Å². The van der Waals surface area contributed by atoms with Gasteiger partial charge in [-0.25, -0.2) is 9.59 Å². The lowest BCUT2D eigenvalue weighted by Crippen LogP contribution is -2.35. The van der Waals surface area contributed by atoms with Gasteiger partial charge in [0, 0.05) is 23.6 Å². The fourth-order valence-corrected chi connectivity index (χ4v) is 5.21. The average Bonchev–Trinajstić information content (AvgIpc) is 3.18. The van der Waals surface area contributed by atoms with Crippen molar-refractivity contribution in [2.75, 3.05) is 0 Å². The fourth-order valence-electron chi connectivity index (χ4n) is 5.21. The van der Waals surface area contributed by atoms with Gasteiger partial charge in [-0.05, 0) is 49.1 Å². The molecular weight excluding hydrogens is 458 g/mol. The molecule has 5 rings (SSSR count). The molecule has 0 amide bonds. The summed E-state index contributed by atoms with van der Waals surface area (Å²) in [6, 6.07) is 16.6. The second-order valence-electron chi connectivity index (χ2n) is 8.77. The first-order valence-corrected chi connectivity index (χ1v) is 11.9. The highest BCUT2D eigenvalue weighted by Crippen LogP contribution is 2.57. The standard InChI is InChI=1S/C29H25NO6/c1-5-18-15-24-26(19(6-2)25(18)27(32)16(3)30-36-17(4)31)29(22-13-9-10-14-23(22)34-24)21-12-8-7-11-20(21)28(33)35-29/h7-15H,5-6H2,1-4H3/b30-16+. The van der Waals surface area contributed by atoms with E-state index in [1.54, 1.807) is 12.1 Å². The normalized spacial score (nSPS) is 17.6. The number of esters is 1. The van der Waals surface area contributed by atoms with E-state index in [-0.39, 0.29) is 11.5 Å². The van der Waals surface area contributed by atoms with Crippen LogP contribution in [0.15, 0.2) is 59.8 Å². The fraction of sp³-hybridized carbons (Fsp3) is 0.241. The van der Waals surface area contributed by atoms with Gasteiger partial charge in [-0.1, -0.05) is 55.4 Å². The van der Waals surface area contributed by atoms with E-state index in [2.05, 4.69) is 5.16 Å². The van der Waals surface area contributed by atoms with E-state index >= 15 is 0 Å². The van der Waals surface area contributed by atoms with Crippen LogP contribution in [-0.4, -0.2) is 23.4 Å². The van der Waals surface area contributed by atoms with Crippen LogP contribution in [0.3, 0.4) is 0 Å². The van der Waals surface area contributed by atoms with Gasteiger partial charge in [0.15, 0.2) is 5.60 Å². The molecule has 3 aromatic rings. The van der Waals surface area contributed by atoms with Crippen molar-refractivity contribution in [3.63, 3.8) is 0 Å². The minimum Gasteiger partial charge on any atom is -0.456 e. The molecule has 0 saturated carbocycles. The summed E-state index contributed by atoms with van der Waals surface area (Å²) in [5.41, 5.74) is 3.19. The third kappa shape index (κ3) is 3.34. The molecule has 182 valence electrons. The topological polar surface area (TPSA) is 91.3 Å². The smallest absolute Gasteiger partial charge is 0.340 e. The SMILES string of the molecule is CCc1cc2c(c(CC)c1C(=O)/C(C)=N/OC(C)=O)C1(OC(=O)c3ccccc31)c1ccccc1O2. The number of para-hydroxylation sites is 1. The maximum Gasteiger partial charge on any atom is 0.340 e. The number of rotatable bonds is 5. The monoisotopic (exact) mass is 483 g/mol. The molecule has 2 aliphatic heterocycles. The number of nitrogens with zero attached hydrogens (tertiary/aromatic N) is 1. The van der Waals surface area contributed by atoms with Crippen molar-refractivity contribution < 1.29 is 28.7 Å². The summed E-state index contributed by atoms with van der Waals surface area (Å²) in [6.07, 6.45) is 1.02. The van der Waals surface area contributed by atoms with Crippen molar-refractivity contribution in [1.29, 1.82) is 0 Å². The van der Waals surface area contributed by atoms with Crippen LogP contribution in [0.5, 0.6) is 11.5 Å². The van der Waals surface area contributed by atoms with Gasteiger partial charge in [-0.15, -0.1) is 0 Å². The molecule has 0 saturated heterocycles. The van der Waals surface area contributed by atoms with Crippen molar-refractivity contribution in [1.82, 2.24) is 0 Å². The van der Waals surface area contributed by atoms with Gasteiger partial charge in [-0.3, -0.25) is 4.79 Å². The van der Waals surface area contributed by atoms with E-state index in [0.717, 1.165) is 5.56 Å². The lowest BCUT2D eigenvalue weighted by atomic mass is 9.73. The van der Waals surface area contributed by atoms with E-state index in [0.29, 0.717) is 57.7 Å². The number of oxime groups is 1. The number of Topliss-reactive ketones (excluding diaryl/α,β-unsaturated/α-hetero) is 1. The Kier molecular flexibility index (Phi) is 5.71. The highest BCUT2D eigenvalue weighted by atomic mass is 16.7. The van der Waals surface area contributed by atoms with Crippen LogP contribution >= 0.6 is 0 Å². The maximum atomic E-state index is 13.7. The Hall–Kier alpha value is -4.26. The highest BCUT2D eigenvalue weighted by molar-refractivity contribution is 6.45. The molecule has 0 bridgehead atoms. The molecule has 0 aromatic heterocycles. The Morgan fingerprint density at radius 1 is 0.944 bits per heavy atom. The summed E-state index contributed by atoms with van der Waals surface area (Å²) in [4.78, 5) is 42.9. The van der Waals surface area contributed by atoms with E-state index in [1.807, 2.05) is 56.3 Å². The number of carbonyl (C=O) groups excluding carboxylic acids is 3. The Bertz CT molecular complexity index is 1470. The molecule has 0 aliphatic carbocycles. The molecule has 3 aromatic carbocycles. The Balaban J connectivity index is 1.86. The summed E-state index contributed by atoms with van der Waals surface area (Å²) in [7, 11) is 0. The van der Waals surface area contributed by atoms with Crippen molar-refractivity contribution >= 4 is 23.4 Å². The molecule has 7 nitrogen and oxygen atoms in total. The molecule has 2 aliphatic rings. The number of ketones is 1. The second kappa shape index (κ2) is 8.75. The molecule has 1 atom stereocenters. The molecule has 1 unspecified atom stereocenters. The summed E-state index contributed by atoms with van der Waals surface area (Å²) in [5.74, 6) is -0.282. The lowest BCUT2D eigenvalue weighted by molar-refractivity contribution is -0.140. The first-order valence-electron chi connectivity index (χ1n) is 11.9. The molecule has 0 radical (unpaired) electrons. The Morgan fingerprint density at radius 3 is 2.33 bits per heavy atom. The third-order valence-corrected chi connectivity index (χ3v) is 6.69. The largest absolute Gasteiger partial charge is 0.456 e. The van der Waals surface area contributed by atoms with Crippen LogP contribution in [0.25, 0.3) is 0 Å². The summed E-state index contributed by atoms with van der Waals surface area (Å²) >= 11 is 0. The molecule has 7 heteroatoms. The lowest BCUT2D eigenvalue weighted by Gasteiger charge is -2.39. The van der Waals surface area contributed by atoms with Gasteiger partial charge in [0.1, 0.15) is 17.2 Å². The number of ether oxygens (including phenoxy) is 2. The summed E-state index contributed by atoms with van der Waals surface area (Å²) in [5, 5.41) is 3.74. The number of hydrogen-bond donors (Lipinski definition) is 0. The maximum absolute atomic E-state index is 13.7. The third-order valence-electron chi connectivity index (χ3n) is 6.69. The predicted molar refractivity (Wildman–Crippen MR) is 133 cm³/mol. The second-order valence-corrected chi connectivity index (χ2v) is 8.77. The zero-order valence-electron chi connectivity index (χ0n) is 20.5. The van der Waals surface area contributed by atoms with Crippen molar-refractivity contribution in [3.8, 4) is 11.5 Å². The first-order chi connectivity index (χ1) is 17.3. The summed E-state index contributed by atoms with van der Waals surface area (Å²) in [6.45, 7) is 6.63. The van der Waals surface area contributed by atoms with E-state index < -0.39 is 17.5 Å². The molecule has 0 fully saturated rings. The van der Waals surface area contributed by atoms with Crippen LogP contribution in [0.1, 0.15) is 76.2 Å². The zero-order chi connectivity index (χ0) is 25.6. The van der Waals surface area contributed by atoms with Gasteiger partial charge < -0.3 is 14.3 Å². The first kappa shape index (κ1) is 23.5. The van der Waals surface area contributed by atoms with Crippen LogP contribution in [-0.2, 0) is 32.8 Å². The Labute approximate surface area is 208 Å². The minimum absolute atomic E-state index is 0.0459. The van der Waals surface area contributed by atoms with Crippen molar-refractivity contribution in [2.24, 2.45) is 5.16 Å². The number of carbonyl (C=O) groups is 3. The van der Waals surface area contributed by atoms with Crippen molar-refractivity contribution in [3.05, 3.63) is 93.5 Å². The Morgan fingerprint density at radius 2 is 1.64 bits per heavy atom. The quantitative estimate of drug-likeness (QED) is 0.156. The zero-order valence-corrected chi connectivity index (χ0v) is 20.5. The number of aryl methyl sites for hydroxylation is 1. The van der Waals surface area contributed by atoms with Gasteiger partial charge in [0.25, 0.3) is 0 Å². The molecule has 36 heavy (non-hydrogen) atoms. The molecule has 1 spiro atoms. The van der Waals surface area contributed by atoms with Crippen LogP contribution in [0.2, 0.25) is 0 Å². The van der Waals surface area contributed by atoms with Crippen LogP contribution in [0.4, 0.5) is 0 Å². The minimum atomic E-state index is -1.27. The van der Waals surface area contributed by atoms with Crippen molar-refractivity contribution in [2.45, 2.75) is 46.1 Å². The predicted octanol–water partition coefficient (Wildman–Crippen LogP) is 5.50. The van der Waals surface area contributed by atoms with E-state index in [4.69, 9.17) is 14.3 Å².